The summed E-state index contributed by atoms with van der Waals surface area (Å²) in [6.07, 6.45) is 6.22. The van der Waals surface area contributed by atoms with Crippen molar-refractivity contribution in [3.63, 3.8) is 0 Å². The van der Waals surface area contributed by atoms with Crippen molar-refractivity contribution in [2.24, 2.45) is 0 Å². The Morgan fingerprint density at radius 3 is 2.56 bits per heavy atom. The zero-order chi connectivity index (χ0) is 18.8. The number of rotatable bonds is 5. The number of aromatic hydroxyl groups is 1. The van der Waals surface area contributed by atoms with Gasteiger partial charge in [0.15, 0.2) is 11.5 Å². The van der Waals surface area contributed by atoms with Crippen LogP contribution in [-0.4, -0.2) is 51.9 Å². The topological polar surface area (TPSA) is 72.1 Å². The number of thiazole rings is 1. The molecule has 8 heteroatoms. The Kier molecular flexibility index (Phi) is 5.18. The van der Waals surface area contributed by atoms with E-state index < -0.39 is 0 Å². The molecule has 1 aliphatic heterocycles. The number of fused-ring (bicyclic) bond motifs is 1. The van der Waals surface area contributed by atoms with Crippen molar-refractivity contribution in [1.29, 1.82) is 0 Å². The minimum Gasteiger partial charge on any atom is -0.493 e. The molecule has 1 aromatic carbocycles. The molecule has 3 heterocycles. The number of hydrogen-bond donors (Lipinski definition) is 1. The molecule has 1 saturated heterocycles. The molecule has 144 valence electrons. The van der Waals surface area contributed by atoms with Gasteiger partial charge >= 0.3 is 0 Å². The van der Waals surface area contributed by atoms with Gasteiger partial charge in [0, 0.05) is 5.56 Å². The second-order valence-electron chi connectivity index (χ2n) is 6.68. The number of likely N-dealkylation sites (tertiary alicyclic amines) is 1. The van der Waals surface area contributed by atoms with Crippen LogP contribution in [-0.2, 0) is 0 Å². The first-order valence-corrected chi connectivity index (χ1v) is 10.0. The van der Waals surface area contributed by atoms with Gasteiger partial charge in [0.05, 0.1) is 25.1 Å². The zero-order valence-electron chi connectivity index (χ0n) is 15.6. The minimum absolute atomic E-state index is 0.137. The Morgan fingerprint density at radius 2 is 1.89 bits per heavy atom. The molecule has 0 radical (unpaired) electrons. The summed E-state index contributed by atoms with van der Waals surface area (Å²) in [4.78, 5) is 8.19. The Bertz CT molecular complexity index is 915. The average Bonchev–Trinajstić information content (AvgIpc) is 3.15. The van der Waals surface area contributed by atoms with E-state index in [0.29, 0.717) is 16.5 Å². The number of benzene rings is 1. The molecule has 0 saturated carbocycles. The summed E-state index contributed by atoms with van der Waals surface area (Å²) in [6, 6.07) is 5.77. The SMILES string of the molecule is COc1cccc(C(c2sc3ncnn3c2O)N2CCCCCC2)c1OC. The van der Waals surface area contributed by atoms with Gasteiger partial charge in [-0.1, -0.05) is 36.3 Å². The standard InChI is InChI=1S/C19H24N4O3S/c1-25-14-9-7-8-13(16(14)26-2)15(22-10-5-3-4-6-11-22)17-18(24)23-19(27-17)20-12-21-23/h7-9,12,15,24H,3-6,10-11H2,1-2H3. The smallest absolute Gasteiger partial charge is 0.230 e. The molecule has 0 bridgehead atoms. The van der Waals surface area contributed by atoms with Crippen LogP contribution in [0.3, 0.4) is 0 Å². The minimum atomic E-state index is -0.137. The lowest BCUT2D eigenvalue weighted by atomic mass is 10.0. The molecule has 3 aromatic rings. The van der Waals surface area contributed by atoms with Gasteiger partial charge < -0.3 is 14.6 Å². The maximum Gasteiger partial charge on any atom is 0.230 e. The van der Waals surface area contributed by atoms with Gasteiger partial charge in [0.25, 0.3) is 0 Å². The highest BCUT2D eigenvalue weighted by atomic mass is 32.1. The first kappa shape index (κ1) is 18.1. The fourth-order valence-corrected chi connectivity index (χ4v) is 4.94. The van der Waals surface area contributed by atoms with Gasteiger partial charge in [-0.15, -0.1) is 0 Å². The van der Waals surface area contributed by atoms with E-state index in [1.807, 2.05) is 18.2 Å². The van der Waals surface area contributed by atoms with Crippen molar-refractivity contribution < 1.29 is 14.6 Å². The van der Waals surface area contributed by atoms with E-state index in [2.05, 4.69) is 15.0 Å². The summed E-state index contributed by atoms with van der Waals surface area (Å²) in [5.41, 5.74) is 0.985. The Morgan fingerprint density at radius 1 is 1.11 bits per heavy atom. The monoisotopic (exact) mass is 388 g/mol. The largest absolute Gasteiger partial charge is 0.493 e. The summed E-state index contributed by atoms with van der Waals surface area (Å²) < 4.78 is 12.7. The molecule has 1 aliphatic rings. The zero-order valence-corrected chi connectivity index (χ0v) is 16.4. The molecular weight excluding hydrogens is 364 g/mol. The van der Waals surface area contributed by atoms with Gasteiger partial charge in [0.1, 0.15) is 6.33 Å². The average molecular weight is 388 g/mol. The highest BCUT2D eigenvalue weighted by Gasteiger charge is 2.32. The molecule has 0 spiro atoms. The molecule has 1 fully saturated rings. The summed E-state index contributed by atoms with van der Waals surface area (Å²) in [5.74, 6) is 1.54. The predicted molar refractivity (Wildman–Crippen MR) is 104 cm³/mol. The highest BCUT2D eigenvalue weighted by molar-refractivity contribution is 7.17. The maximum absolute atomic E-state index is 10.9. The van der Waals surface area contributed by atoms with Crippen LogP contribution in [0.15, 0.2) is 24.5 Å². The normalized spacial score (nSPS) is 17.0. The van der Waals surface area contributed by atoms with Crippen LogP contribution in [0.25, 0.3) is 4.96 Å². The summed E-state index contributed by atoms with van der Waals surface area (Å²) in [6.45, 7) is 1.94. The lowest BCUT2D eigenvalue weighted by Crippen LogP contribution is -2.30. The summed E-state index contributed by atoms with van der Waals surface area (Å²) >= 11 is 1.47. The molecule has 1 N–H and O–H groups in total. The van der Waals surface area contributed by atoms with Gasteiger partial charge in [-0.2, -0.15) is 9.61 Å². The van der Waals surface area contributed by atoms with Crippen molar-refractivity contribution >= 4 is 16.3 Å². The molecule has 4 rings (SSSR count). The third kappa shape index (κ3) is 3.23. The quantitative estimate of drug-likeness (QED) is 0.721. The number of ether oxygens (including phenoxy) is 2. The Hall–Kier alpha value is -2.32. The molecule has 7 nitrogen and oxygen atoms in total. The van der Waals surface area contributed by atoms with Gasteiger partial charge in [-0.05, 0) is 32.0 Å². The molecule has 0 aliphatic carbocycles. The first-order valence-electron chi connectivity index (χ1n) is 9.21. The Labute approximate surface area is 162 Å². The van der Waals surface area contributed by atoms with Crippen molar-refractivity contribution in [3.05, 3.63) is 35.0 Å². The molecular formula is C19H24N4O3S. The fraction of sp³-hybridized carbons (Fsp3) is 0.474. The van der Waals surface area contributed by atoms with Crippen LogP contribution >= 0.6 is 11.3 Å². The van der Waals surface area contributed by atoms with E-state index in [9.17, 15) is 5.11 Å². The second kappa shape index (κ2) is 7.74. The Balaban J connectivity index is 1.88. The van der Waals surface area contributed by atoms with Crippen molar-refractivity contribution in [1.82, 2.24) is 19.5 Å². The molecule has 0 amide bonds. The third-order valence-corrected chi connectivity index (χ3v) is 6.21. The third-order valence-electron chi connectivity index (χ3n) is 5.12. The second-order valence-corrected chi connectivity index (χ2v) is 7.69. The number of hydrogen-bond acceptors (Lipinski definition) is 7. The van der Waals surface area contributed by atoms with Crippen molar-refractivity contribution in [2.75, 3.05) is 27.3 Å². The van der Waals surface area contributed by atoms with E-state index in [1.165, 1.54) is 35.0 Å². The predicted octanol–water partition coefficient (Wildman–Crippen LogP) is 3.48. The van der Waals surface area contributed by atoms with Gasteiger partial charge in [-0.3, -0.25) is 4.90 Å². The van der Waals surface area contributed by atoms with Crippen LogP contribution in [0.4, 0.5) is 0 Å². The van der Waals surface area contributed by atoms with Crippen LogP contribution in [0, 0.1) is 0 Å². The van der Waals surface area contributed by atoms with E-state index in [1.54, 1.807) is 14.2 Å². The maximum atomic E-state index is 10.9. The highest BCUT2D eigenvalue weighted by Crippen LogP contribution is 2.45. The van der Waals surface area contributed by atoms with Gasteiger partial charge in [0.2, 0.25) is 10.8 Å². The van der Waals surface area contributed by atoms with Crippen molar-refractivity contribution in [2.45, 2.75) is 31.7 Å². The first-order chi connectivity index (χ1) is 13.2. The number of para-hydroxylation sites is 1. The van der Waals surface area contributed by atoms with E-state index in [-0.39, 0.29) is 11.9 Å². The molecule has 27 heavy (non-hydrogen) atoms. The van der Waals surface area contributed by atoms with E-state index >= 15 is 0 Å². The lowest BCUT2D eigenvalue weighted by Gasteiger charge is -2.31. The van der Waals surface area contributed by atoms with Crippen LogP contribution in [0.1, 0.15) is 42.2 Å². The van der Waals surface area contributed by atoms with Gasteiger partial charge in [-0.25, -0.2) is 4.98 Å². The number of methoxy groups -OCH3 is 2. The van der Waals surface area contributed by atoms with Crippen molar-refractivity contribution in [3.8, 4) is 17.4 Å². The van der Waals surface area contributed by atoms with E-state index in [0.717, 1.165) is 36.4 Å². The molecule has 2 aromatic heterocycles. The van der Waals surface area contributed by atoms with Crippen LogP contribution in [0.5, 0.6) is 17.4 Å². The molecule has 1 atom stereocenters. The van der Waals surface area contributed by atoms with Crippen LogP contribution in [0.2, 0.25) is 0 Å². The lowest BCUT2D eigenvalue weighted by molar-refractivity contribution is 0.227. The molecule has 1 unspecified atom stereocenters. The number of nitrogens with zero attached hydrogens (tertiary/aromatic N) is 4. The number of aromatic nitrogens is 3. The van der Waals surface area contributed by atoms with E-state index in [4.69, 9.17) is 9.47 Å². The van der Waals surface area contributed by atoms with Crippen LogP contribution < -0.4 is 9.47 Å². The summed E-state index contributed by atoms with van der Waals surface area (Å²) in [5, 5.41) is 15.0. The summed E-state index contributed by atoms with van der Waals surface area (Å²) in [7, 11) is 3.30. The fourth-order valence-electron chi connectivity index (χ4n) is 3.86.